The van der Waals surface area contributed by atoms with Gasteiger partial charge in [-0.3, -0.25) is 0 Å². The van der Waals surface area contributed by atoms with Gasteiger partial charge in [0.2, 0.25) is 0 Å². The van der Waals surface area contributed by atoms with Gasteiger partial charge in [-0.1, -0.05) is 19.8 Å². The lowest BCUT2D eigenvalue weighted by Gasteiger charge is -2.13. The summed E-state index contributed by atoms with van der Waals surface area (Å²) in [5.41, 5.74) is 1.12. The molecule has 1 aromatic carbocycles. The van der Waals surface area contributed by atoms with E-state index in [-0.39, 0.29) is 0 Å². The fraction of sp³-hybridized carbons (Fsp3) is 0.625. The van der Waals surface area contributed by atoms with E-state index in [0.29, 0.717) is 6.61 Å². The third-order valence-corrected chi connectivity index (χ3v) is 3.07. The Bertz CT molecular complexity index is 369. The van der Waals surface area contributed by atoms with Crippen molar-refractivity contribution < 1.29 is 14.2 Å². The normalized spacial score (nSPS) is 10.6. The van der Waals surface area contributed by atoms with E-state index in [2.05, 4.69) is 12.2 Å². The van der Waals surface area contributed by atoms with Gasteiger partial charge in [0.1, 0.15) is 11.5 Å². The molecule has 4 nitrogen and oxygen atoms in total. The smallest absolute Gasteiger partial charge is 0.124 e. The molecule has 0 amide bonds. The molecule has 0 radical (unpaired) electrons. The Labute approximate surface area is 122 Å². The van der Waals surface area contributed by atoms with Gasteiger partial charge in [0.25, 0.3) is 0 Å². The van der Waals surface area contributed by atoms with Gasteiger partial charge in [-0.2, -0.15) is 0 Å². The Morgan fingerprint density at radius 2 is 1.95 bits per heavy atom. The Morgan fingerprint density at radius 1 is 1.10 bits per heavy atom. The van der Waals surface area contributed by atoms with Crippen LogP contribution in [0.15, 0.2) is 18.2 Å². The van der Waals surface area contributed by atoms with Crippen molar-refractivity contribution in [3.8, 4) is 11.5 Å². The van der Waals surface area contributed by atoms with Crippen LogP contribution in [0.4, 0.5) is 0 Å². The topological polar surface area (TPSA) is 39.7 Å². The molecule has 0 aliphatic carbocycles. The number of ether oxygens (including phenoxy) is 3. The lowest BCUT2D eigenvalue weighted by atomic mass is 10.2. The first-order valence-electron chi connectivity index (χ1n) is 7.31. The minimum Gasteiger partial charge on any atom is -0.497 e. The van der Waals surface area contributed by atoms with Crippen LogP contribution in [0.3, 0.4) is 0 Å². The van der Waals surface area contributed by atoms with E-state index >= 15 is 0 Å². The van der Waals surface area contributed by atoms with Crippen molar-refractivity contribution in [3.63, 3.8) is 0 Å². The third kappa shape index (κ3) is 6.26. The van der Waals surface area contributed by atoms with Crippen molar-refractivity contribution >= 4 is 0 Å². The standard InChI is InChI=1S/C16H27NO3/c1-4-5-6-10-20-16-8-7-15(19-3)12-14(16)13-17-9-11-18-2/h7-8,12,17H,4-6,9-11,13H2,1-3H3. The van der Waals surface area contributed by atoms with Crippen LogP contribution in [-0.4, -0.2) is 34.0 Å². The van der Waals surface area contributed by atoms with E-state index in [1.54, 1.807) is 14.2 Å². The third-order valence-electron chi connectivity index (χ3n) is 3.07. The number of hydrogen-bond donors (Lipinski definition) is 1. The number of benzene rings is 1. The monoisotopic (exact) mass is 281 g/mol. The summed E-state index contributed by atoms with van der Waals surface area (Å²) in [6, 6.07) is 5.95. The van der Waals surface area contributed by atoms with Crippen molar-refractivity contribution in [3.05, 3.63) is 23.8 Å². The summed E-state index contributed by atoms with van der Waals surface area (Å²) >= 11 is 0. The zero-order chi connectivity index (χ0) is 14.6. The minimum absolute atomic E-state index is 0.705. The van der Waals surface area contributed by atoms with Crippen molar-refractivity contribution in [1.82, 2.24) is 5.32 Å². The number of hydrogen-bond acceptors (Lipinski definition) is 4. The number of nitrogens with one attached hydrogen (secondary N) is 1. The van der Waals surface area contributed by atoms with Crippen LogP contribution in [0.2, 0.25) is 0 Å². The lowest BCUT2D eigenvalue weighted by molar-refractivity contribution is 0.199. The highest BCUT2D eigenvalue weighted by molar-refractivity contribution is 5.40. The van der Waals surface area contributed by atoms with Crippen LogP contribution in [0.5, 0.6) is 11.5 Å². The molecule has 0 fully saturated rings. The van der Waals surface area contributed by atoms with Gasteiger partial charge in [-0.15, -0.1) is 0 Å². The maximum absolute atomic E-state index is 5.87. The zero-order valence-corrected chi connectivity index (χ0v) is 12.9. The Hall–Kier alpha value is -1.26. The minimum atomic E-state index is 0.705. The van der Waals surface area contributed by atoms with Gasteiger partial charge in [0, 0.05) is 25.8 Å². The first kappa shape index (κ1) is 16.8. The van der Waals surface area contributed by atoms with Crippen LogP contribution in [0, 0.1) is 0 Å². The highest BCUT2D eigenvalue weighted by Gasteiger charge is 2.05. The molecule has 114 valence electrons. The van der Waals surface area contributed by atoms with E-state index in [0.717, 1.165) is 43.2 Å². The van der Waals surface area contributed by atoms with Crippen molar-refractivity contribution in [2.24, 2.45) is 0 Å². The van der Waals surface area contributed by atoms with Crippen molar-refractivity contribution in [2.45, 2.75) is 32.7 Å². The van der Waals surface area contributed by atoms with Crippen LogP contribution in [0.1, 0.15) is 31.7 Å². The molecular weight excluding hydrogens is 254 g/mol. The summed E-state index contributed by atoms with van der Waals surface area (Å²) in [5.74, 6) is 1.79. The van der Waals surface area contributed by atoms with E-state index in [1.807, 2.05) is 18.2 Å². The Morgan fingerprint density at radius 3 is 2.65 bits per heavy atom. The molecule has 0 heterocycles. The predicted octanol–water partition coefficient (Wildman–Crippen LogP) is 3.00. The van der Waals surface area contributed by atoms with E-state index in [9.17, 15) is 0 Å². The average molecular weight is 281 g/mol. The van der Waals surface area contributed by atoms with Crippen molar-refractivity contribution in [2.75, 3.05) is 34.0 Å². The van der Waals surface area contributed by atoms with Crippen molar-refractivity contribution in [1.29, 1.82) is 0 Å². The number of unbranched alkanes of at least 4 members (excludes halogenated alkanes) is 2. The van der Waals surface area contributed by atoms with Gasteiger partial charge in [-0.05, 0) is 24.6 Å². The van der Waals surface area contributed by atoms with Gasteiger partial charge < -0.3 is 19.5 Å². The second-order valence-electron chi connectivity index (χ2n) is 4.70. The Balaban J connectivity index is 2.56. The van der Waals surface area contributed by atoms with Crippen LogP contribution < -0.4 is 14.8 Å². The molecule has 0 bridgehead atoms. The summed E-state index contributed by atoms with van der Waals surface area (Å²) in [6.45, 7) is 5.24. The molecule has 0 aliphatic rings. The Kier molecular flexibility index (Phi) is 8.83. The largest absolute Gasteiger partial charge is 0.497 e. The fourth-order valence-electron chi connectivity index (χ4n) is 1.89. The van der Waals surface area contributed by atoms with Gasteiger partial charge in [0.15, 0.2) is 0 Å². The molecule has 0 aromatic heterocycles. The molecular formula is C16H27NO3. The molecule has 0 saturated heterocycles. The number of rotatable bonds is 11. The predicted molar refractivity (Wildman–Crippen MR) is 81.6 cm³/mol. The quantitative estimate of drug-likeness (QED) is 0.633. The van der Waals surface area contributed by atoms with Crippen LogP contribution in [-0.2, 0) is 11.3 Å². The number of methoxy groups -OCH3 is 2. The zero-order valence-electron chi connectivity index (χ0n) is 12.9. The molecule has 1 rings (SSSR count). The SMILES string of the molecule is CCCCCOc1ccc(OC)cc1CNCCOC. The summed E-state index contributed by atoms with van der Waals surface area (Å²) in [6.07, 6.45) is 3.51. The molecule has 0 atom stereocenters. The molecule has 0 aliphatic heterocycles. The lowest BCUT2D eigenvalue weighted by Crippen LogP contribution is -2.19. The first-order chi connectivity index (χ1) is 9.81. The van der Waals surface area contributed by atoms with E-state index in [1.165, 1.54) is 12.8 Å². The van der Waals surface area contributed by atoms with Crippen LogP contribution >= 0.6 is 0 Å². The molecule has 4 heteroatoms. The highest BCUT2D eigenvalue weighted by Crippen LogP contribution is 2.24. The first-order valence-corrected chi connectivity index (χ1v) is 7.31. The van der Waals surface area contributed by atoms with Gasteiger partial charge >= 0.3 is 0 Å². The average Bonchev–Trinajstić information content (AvgIpc) is 2.49. The van der Waals surface area contributed by atoms with E-state index < -0.39 is 0 Å². The maximum Gasteiger partial charge on any atom is 0.124 e. The summed E-state index contributed by atoms with van der Waals surface area (Å²) in [5, 5.41) is 3.34. The summed E-state index contributed by atoms with van der Waals surface area (Å²) < 4.78 is 16.2. The van der Waals surface area contributed by atoms with Gasteiger partial charge in [-0.25, -0.2) is 0 Å². The summed E-state index contributed by atoms with van der Waals surface area (Å²) in [4.78, 5) is 0. The molecule has 1 N–H and O–H groups in total. The second-order valence-corrected chi connectivity index (χ2v) is 4.70. The van der Waals surface area contributed by atoms with Crippen LogP contribution in [0.25, 0.3) is 0 Å². The summed E-state index contributed by atoms with van der Waals surface area (Å²) in [7, 11) is 3.38. The molecule has 0 saturated carbocycles. The molecule has 20 heavy (non-hydrogen) atoms. The molecule has 1 aromatic rings. The molecule has 0 unspecified atom stereocenters. The maximum atomic E-state index is 5.87. The van der Waals surface area contributed by atoms with Gasteiger partial charge in [0.05, 0.1) is 20.3 Å². The molecule has 0 spiro atoms. The second kappa shape index (κ2) is 10.5. The van der Waals surface area contributed by atoms with E-state index in [4.69, 9.17) is 14.2 Å². The fourth-order valence-corrected chi connectivity index (χ4v) is 1.89. The highest BCUT2D eigenvalue weighted by atomic mass is 16.5.